The third-order valence-corrected chi connectivity index (χ3v) is 3.79. The summed E-state index contributed by atoms with van der Waals surface area (Å²) in [4.78, 5) is 0. The lowest BCUT2D eigenvalue weighted by Gasteiger charge is -2.15. The first-order valence-electron chi connectivity index (χ1n) is 6.70. The van der Waals surface area contributed by atoms with Crippen molar-refractivity contribution in [3.05, 3.63) is 23.4 Å². The smallest absolute Gasteiger partial charge is 0.0686 e. The van der Waals surface area contributed by atoms with E-state index in [0.29, 0.717) is 0 Å². The fraction of sp³-hybridized carbons (Fsp3) is 0.733. The van der Waals surface area contributed by atoms with Crippen LogP contribution in [-0.2, 0) is 0 Å². The summed E-state index contributed by atoms with van der Waals surface area (Å²) < 4.78 is 0. The van der Waals surface area contributed by atoms with E-state index in [2.05, 4.69) is 45.8 Å². The Morgan fingerprint density at radius 2 is 1.75 bits per heavy atom. The highest BCUT2D eigenvalue weighted by Gasteiger charge is 2.10. The summed E-state index contributed by atoms with van der Waals surface area (Å²) in [6.45, 7) is 15.7. The van der Waals surface area contributed by atoms with Crippen LogP contribution in [-0.4, -0.2) is 8.07 Å². The Hall–Kier alpha value is -0.303. The predicted octanol–water partition coefficient (Wildman–Crippen LogP) is 5.73. The molecule has 0 atom stereocenters. The van der Waals surface area contributed by atoms with Gasteiger partial charge in [-0.1, -0.05) is 69.3 Å². The Bertz CT molecular complexity index is 230. The zero-order valence-electron chi connectivity index (χ0n) is 12.0. The monoisotopic (exact) mass is 238 g/mol. The van der Waals surface area contributed by atoms with Crippen LogP contribution in [0.15, 0.2) is 23.4 Å². The van der Waals surface area contributed by atoms with Gasteiger partial charge in [-0.05, 0) is 26.2 Å². The predicted molar refractivity (Wildman–Crippen MR) is 79.6 cm³/mol. The van der Waals surface area contributed by atoms with E-state index in [1.807, 2.05) is 0 Å². The van der Waals surface area contributed by atoms with E-state index in [0.717, 1.165) is 6.42 Å². The zero-order chi connectivity index (χ0) is 12.6. The van der Waals surface area contributed by atoms with E-state index in [-0.39, 0.29) is 0 Å². The molecular weight excluding hydrogens is 208 g/mol. The second-order valence-electron chi connectivity index (χ2n) is 6.11. The van der Waals surface area contributed by atoms with Crippen molar-refractivity contribution in [1.29, 1.82) is 0 Å². The molecule has 0 saturated carbocycles. The normalized spacial score (nSPS) is 12.9. The summed E-state index contributed by atoms with van der Waals surface area (Å²) in [5.41, 5.74) is 5.52. The lowest BCUT2D eigenvalue weighted by molar-refractivity contribution is 0.659. The van der Waals surface area contributed by atoms with Gasteiger partial charge >= 0.3 is 0 Å². The molecule has 0 rings (SSSR count). The van der Waals surface area contributed by atoms with E-state index in [1.165, 1.54) is 37.7 Å². The molecule has 0 aliphatic carbocycles. The molecule has 16 heavy (non-hydrogen) atoms. The third-order valence-electron chi connectivity index (χ3n) is 2.52. The number of hydrogen-bond donors (Lipinski definition) is 0. The van der Waals surface area contributed by atoms with E-state index >= 15 is 0 Å². The Morgan fingerprint density at radius 3 is 2.19 bits per heavy atom. The number of rotatable bonds is 8. The maximum atomic E-state index is 4.04. The first-order chi connectivity index (χ1) is 7.35. The first-order valence-corrected chi connectivity index (χ1v) is 10.3. The van der Waals surface area contributed by atoms with Crippen molar-refractivity contribution >= 4 is 8.07 Å². The quantitative estimate of drug-likeness (QED) is 0.288. The van der Waals surface area contributed by atoms with Crippen molar-refractivity contribution in [2.45, 2.75) is 72.0 Å². The van der Waals surface area contributed by atoms with Crippen LogP contribution in [0, 0.1) is 0 Å². The summed E-state index contributed by atoms with van der Waals surface area (Å²) in [5, 5.41) is 0. The van der Waals surface area contributed by atoms with Crippen molar-refractivity contribution < 1.29 is 0 Å². The molecule has 0 aromatic heterocycles. The number of hydrogen-bond acceptors (Lipinski definition) is 0. The fourth-order valence-electron chi connectivity index (χ4n) is 1.99. The molecule has 0 aromatic rings. The van der Waals surface area contributed by atoms with Gasteiger partial charge in [-0.2, -0.15) is 0 Å². The molecule has 1 heteroatoms. The van der Waals surface area contributed by atoms with Crippen LogP contribution in [0.3, 0.4) is 0 Å². The lowest BCUT2D eigenvalue weighted by atomic mass is 10.0. The second kappa shape index (κ2) is 7.89. The lowest BCUT2D eigenvalue weighted by Crippen LogP contribution is -2.17. The minimum atomic E-state index is -1.06. The van der Waals surface area contributed by atoms with E-state index in [1.54, 1.807) is 5.57 Å². The van der Waals surface area contributed by atoms with Crippen molar-refractivity contribution in [3.8, 4) is 0 Å². The molecule has 0 aliphatic heterocycles. The van der Waals surface area contributed by atoms with Crippen LogP contribution in [0.2, 0.25) is 19.6 Å². The largest absolute Gasteiger partial charge is 0.0998 e. The van der Waals surface area contributed by atoms with Crippen LogP contribution in [0.5, 0.6) is 0 Å². The van der Waals surface area contributed by atoms with Crippen LogP contribution in [0.4, 0.5) is 0 Å². The highest BCUT2D eigenvalue weighted by molar-refractivity contribution is 6.81. The van der Waals surface area contributed by atoms with Gasteiger partial charge in [0.25, 0.3) is 0 Å². The minimum absolute atomic E-state index is 1.06. The van der Waals surface area contributed by atoms with Gasteiger partial charge in [0.1, 0.15) is 0 Å². The molecule has 0 spiro atoms. The van der Waals surface area contributed by atoms with Crippen LogP contribution < -0.4 is 0 Å². The summed E-state index contributed by atoms with van der Waals surface area (Å²) in [7, 11) is -1.06. The first kappa shape index (κ1) is 15.7. The second-order valence-corrected chi connectivity index (χ2v) is 11.1. The molecule has 0 fully saturated rings. The van der Waals surface area contributed by atoms with Gasteiger partial charge in [0.2, 0.25) is 0 Å². The van der Waals surface area contributed by atoms with Gasteiger partial charge in [-0.15, -0.1) is 0 Å². The summed E-state index contributed by atoms with van der Waals surface area (Å²) in [6.07, 6.45) is 7.86. The number of unbranched alkanes of at least 4 members (excludes halogenated alkanes) is 3. The average Bonchev–Trinajstić information content (AvgIpc) is 2.08. The van der Waals surface area contributed by atoms with Gasteiger partial charge in [-0.3, -0.25) is 0 Å². The van der Waals surface area contributed by atoms with Gasteiger partial charge in [-0.25, -0.2) is 0 Å². The molecule has 0 radical (unpaired) electrons. The molecule has 94 valence electrons. The van der Waals surface area contributed by atoms with Crippen molar-refractivity contribution in [1.82, 2.24) is 0 Å². The fourth-order valence-corrected chi connectivity index (χ4v) is 3.46. The van der Waals surface area contributed by atoms with E-state index in [9.17, 15) is 0 Å². The molecule has 0 heterocycles. The van der Waals surface area contributed by atoms with Crippen LogP contribution >= 0.6 is 0 Å². The zero-order valence-corrected chi connectivity index (χ0v) is 13.0. The van der Waals surface area contributed by atoms with Crippen molar-refractivity contribution in [2.24, 2.45) is 0 Å². The van der Waals surface area contributed by atoms with Crippen LogP contribution in [0.25, 0.3) is 0 Å². The molecule has 0 saturated heterocycles. The van der Waals surface area contributed by atoms with Gasteiger partial charge in [0, 0.05) is 0 Å². The Morgan fingerprint density at radius 1 is 1.12 bits per heavy atom. The molecular formula is C15H30Si. The maximum absolute atomic E-state index is 4.04. The van der Waals surface area contributed by atoms with Crippen LogP contribution in [0.1, 0.15) is 52.4 Å². The molecule has 0 nitrogen and oxygen atoms in total. The minimum Gasteiger partial charge on any atom is -0.0998 e. The van der Waals surface area contributed by atoms with E-state index < -0.39 is 8.07 Å². The summed E-state index contributed by atoms with van der Waals surface area (Å²) in [6, 6.07) is 0. The molecule has 0 amide bonds. The molecule has 0 aromatic carbocycles. The standard InChI is InChI=1S/C15H30Si/c1-7-8-9-10-11-15(12-14(2)3)13-16(4,5)6/h13H,2,7-12H2,1,3-6H3. The van der Waals surface area contributed by atoms with Gasteiger partial charge in [0.05, 0.1) is 8.07 Å². The summed E-state index contributed by atoms with van der Waals surface area (Å²) in [5.74, 6) is 0. The van der Waals surface area contributed by atoms with E-state index in [4.69, 9.17) is 0 Å². The molecule has 0 unspecified atom stereocenters. The Balaban J connectivity index is 4.22. The highest BCUT2D eigenvalue weighted by atomic mass is 28.3. The molecule has 0 N–H and O–H groups in total. The van der Waals surface area contributed by atoms with Gasteiger partial charge in [0.15, 0.2) is 0 Å². The Labute approximate surface area is 104 Å². The average molecular weight is 238 g/mol. The SMILES string of the molecule is C=C(C)CC(=C[Si](C)(C)C)CCCCCC. The third kappa shape index (κ3) is 10.2. The summed E-state index contributed by atoms with van der Waals surface area (Å²) >= 11 is 0. The van der Waals surface area contributed by atoms with Gasteiger partial charge < -0.3 is 0 Å². The highest BCUT2D eigenvalue weighted by Crippen LogP contribution is 2.20. The van der Waals surface area contributed by atoms with Crippen molar-refractivity contribution in [3.63, 3.8) is 0 Å². The molecule has 0 aliphatic rings. The maximum Gasteiger partial charge on any atom is 0.0686 e. The molecule has 0 bridgehead atoms. The topological polar surface area (TPSA) is 0 Å². The number of allylic oxidation sites excluding steroid dienone is 2. The van der Waals surface area contributed by atoms with Crippen molar-refractivity contribution in [2.75, 3.05) is 0 Å². The Kier molecular flexibility index (Phi) is 7.74.